The molecule has 18 heavy (non-hydrogen) atoms. The van der Waals surface area contributed by atoms with Crippen LogP contribution in [0.4, 0.5) is 11.7 Å². The molecule has 2 aromatic rings. The van der Waals surface area contributed by atoms with E-state index in [2.05, 4.69) is 22.2 Å². The molecule has 1 atom stereocenters. The molecule has 0 amide bonds. The van der Waals surface area contributed by atoms with Crippen LogP contribution in [-0.4, -0.2) is 36.6 Å². The summed E-state index contributed by atoms with van der Waals surface area (Å²) in [5.74, 6) is 0.676. The molecule has 3 N–H and O–H groups in total. The van der Waals surface area contributed by atoms with E-state index in [1.165, 1.54) is 13.0 Å². The number of nitrogens with zero attached hydrogens (tertiary/aromatic N) is 2. The molecule has 0 spiro atoms. The standard InChI is InChI=1S/C13H18N4O/c1-17-5-4-9(8-17)7-15-13-16-11-6-10(14)2-3-12(11)18-13/h2-3,6,9H,4-5,7-8,14H2,1H3,(H,15,16). The Morgan fingerprint density at radius 2 is 2.44 bits per heavy atom. The second-order valence-electron chi connectivity index (χ2n) is 5.04. The van der Waals surface area contributed by atoms with E-state index in [0.717, 1.165) is 24.2 Å². The van der Waals surface area contributed by atoms with Crippen LogP contribution in [0.3, 0.4) is 0 Å². The lowest BCUT2D eigenvalue weighted by molar-refractivity contribution is 0.398. The Kier molecular flexibility index (Phi) is 2.83. The number of likely N-dealkylation sites (tertiary alicyclic amines) is 1. The van der Waals surface area contributed by atoms with E-state index in [1.54, 1.807) is 0 Å². The maximum atomic E-state index is 5.71. The number of oxazole rings is 1. The van der Waals surface area contributed by atoms with Crippen LogP contribution >= 0.6 is 0 Å². The van der Waals surface area contributed by atoms with E-state index in [0.29, 0.717) is 17.6 Å². The Balaban J connectivity index is 1.67. The highest BCUT2D eigenvalue weighted by molar-refractivity contribution is 5.78. The lowest BCUT2D eigenvalue weighted by atomic mass is 10.1. The predicted molar refractivity (Wildman–Crippen MR) is 72.5 cm³/mol. The van der Waals surface area contributed by atoms with Gasteiger partial charge in [0.25, 0.3) is 6.01 Å². The van der Waals surface area contributed by atoms with Crippen molar-refractivity contribution in [2.24, 2.45) is 5.92 Å². The van der Waals surface area contributed by atoms with Gasteiger partial charge in [0.15, 0.2) is 5.58 Å². The van der Waals surface area contributed by atoms with E-state index < -0.39 is 0 Å². The molecule has 1 saturated heterocycles. The van der Waals surface area contributed by atoms with Gasteiger partial charge in [-0.25, -0.2) is 0 Å². The minimum Gasteiger partial charge on any atom is -0.424 e. The second kappa shape index (κ2) is 4.49. The lowest BCUT2D eigenvalue weighted by Gasteiger charge is -2.09. The third-order valence-corrected chi connectivity index (χ3v) is 3.44. The minimum absolute atomic E-state index is 0.588. The Bertz CT molecular complexity index is 551. The van der Waals surface area contributed by atoms with Gasteiger partial charge >= 0.3 is 0 Å². The molecule has 1 aromatic carbocycles. The highest BCUT2D eigenvalue weighted by Gasteiger charge is 2.19. The van der Waals surface area contributed by atoms with Gasteiger partial charge in [-0.3, -0.25) is 0 Å². The zero-order chi connectivity index (χ0) is 12.5. The summed E-state index contributed by atoms with van der Waals surface area (Å²) in [5, 5.41) is 3.27. The second-order valence-corrected chi connectivity index (χ2v) is 5.04. The number of anilines is 2. The summed E-state index contributed by atoms with van der Waals surface area (Å²) >= 11 is 0. The monoisotopic (exact) mass is 246 g/mol. The molecule has 1 aromatic heterocycles. The first-order valence-electron chi connectivity index (χ1n) is 6.29. The van der Waals surface area contributed by atoms with Gasteiger partial charge in [-0.1, -0.05) is 0 Å². The van der Waals surface area contributed by atoms with E-state index in [4.69, 9.17) is 10.2 Å². The SMILES string of the molecule is CN1CCC(CNc2nc3cc(N)ccc3o2)C1. The van der Waals surface area contributed by atoms with Crippen LogP contribution in [0.15, 0.2) is 22.6 Å². The van der Waals surface area contributed by atoms with Crippen LogP contribution in [0.2, 0.25) is 0 Å². The molecule has 5 nitrogen and oxygen atoms in total. The first-order valence-corrected chi connectivity index (χ1v) is 6.29. The summed E-state index contributed by atoms with van der Waals surface area (Å²) in [4.78, 5) is 6.73. The van der Waals surface area contributed by atoms with Crippen LogP contribution in [0.1, 0.15) is 6.42 Å². The van der Waals surface area contributed by atoms with Gasteiger partial charge in [0, 0.05) is 18.8 Å². The van der Waals surface area contributed by atoms with Gasteiger partial charge in [-0.2, -0.15) is 4.98 Å². The fourth-order valence-electron chi connectivity index (χ4n) is 2.44. The molecular formula is C13H18N4O. The van der Waals surface area contributed by atoms with Crippen LogP contribution in [0.25, 0.3) is 11.1 Å². The van der Waals surface area contributed by atoms with Gasteiger partial charge < -0.3 is 20.4 Å². The van der Waals surface area contributed by atoms with Crippen molar-refractivity contribution in [1.82, 2.24) is 9.88 Å². The Hall–Kier alpha value is -1.75. The molecule has 3 rings (SSSR count). The molecule has 5 heteroatoms. The largest absolute Gasteiger partial charge is 0.424 e. The van der Waals surface area contributed by atoms with Crippen LogP contribution in [-0.2, 0) is 0 Å². The van der Waals surface area contributed by atoms with Crippen molar-refractivity contribution in [3.8, 4) is 0 Å². The average molecular weight is 246 g/mol. The summed E-state index contributed by atoms with van der Waals surface area (Å²) in [6.07, 6.45) is 1.23. The smallest absolute Gasteiger partial charge is 0.295 e. The Labute approximate surface area is 106 Å². The summed E-state index contributed by atoms with van der Waals surface area (Å²) in [6.45, 7) is 3.23. The van der Waals surface area contributed by atoms with Crippen LogP contribution < -0.4 is 11.1 Å². The van der Waals surface area contributed by atoms with Crippen molar-refractivity contribution in [2.45, 2.75) is 6.42 Å². The fourth-order valence-corrected chi connectivity index (χ4v) is 2.44. The van der Waals surface area contributed by atoms with Gasteiger partial charge in [0.2, 0.25) is 0 Å². The molecule has 0 radical (unpaired) electrons. The molecule has 0 saturated carbocycles. The third-order valence-electron chi connectivity index (χ3n) is 3.44. The molecule has 1 fully saturated rings. The highest BCUT2D eigenvalue weighted by Crippen LogP contribution is 2.22. The first-order chi connectivity index (χ1) is 8.70. The summed E-state index contributed by atoms with van der Waals surface area (Å²) < 4.78 is 5.62. The molecule has 0 bridgehead atoms. The topological polar surface area (TPSA) is 67.3 Å². The molecule has 2 heterocycles. The lowest BCUT2D eigenvalue weighted by Crippen LogP contribution is -2.19. The number of nitrogens with two attached hydrogens (primary N) is 1. The van der Waals surface area contributed by atoms with E-state index in [-0.39, 0.29) is 0 Å². The highest BCUT2D eigenvalue weighted by atomic mass is 16.4. The average Bonchev–Trinajstić information content (AvgIpc) is 2.92. The Morgan fingerprint density at radius 3 is 3.22 bits per heavy atom. The number of fused-ring (bicyclic) bond motifs is 1. The van der Waals surface area contributed by atoms with Gasteiger partial charge in [-0.15, -0.1) is 0 Å². The van der Waals surface area contributed by atoms with Crippen LogP contribution in [0, 0.1) is 5.92 Å². The van der Waals surface area contributed by atoms with Crippen LogP contribution in [0.5, 0.6) is 0 Å². The summed E-state index contributed by atoms with van der Waals surface area (Å²) in [6, 6.07) is 6.09. The zero-order valence-electron chi connectivity index (χ0n) is 10.5. The van der Waals surface area contributed by atoms with Crippen molar-refractivity contribution in [3.05, 3.63) is 18.2 Å². The number of nitrogen functional groups attached to an aromatic ring is 1. The van der Waals surface area contributed by atoms with Crippen molar-refractivity contribution < 1.29 is 4.42 Å². The zero-order valence-corrected chi connectivity index (χ0v) is 10.5. The van der Waals surface area contributed by atoms with E-state index in [9.17, 15) is 0 Å². The summed E-state index contributed by atoms with van der Waals surface area (Å²) in [7, 11) is 2.15. The molecular weight excluding hydrogens is 228 g/mol. The number of benzene rings is 1. The van der Waals surface area contributed by atoms with E-state index in [1.807, 2.05) is 18.2 Å². The fraction of sp³-hybridized carbons (Fsp3) is 0.462. The first kappa shape index (κ1) is 11.3. The number of hydrogen-bond donors (Lipinski definition) is 2. The predicted octanol–water partition coefficient (Wildman–Crippen LogP) is 1.77. The third kappa shape index (κ3) is 2.26. The van der Waals surface area contributed by atoms with Crippen molar-refractivity contribution in [3.63, 3.8) is 0 Å². The number of rotatable bonds is 3. The molecule has 0 aliphatic carbocycles. The maximum Gasteiger partial charge on any atom is 0.295 e. The van der Waals surface area contributed by atoms with Gasteiger partial charge in [0.05, 0.1) is 0 Å². The molecule has 1 unspecified atom stereocenters. The number of nitrogens with one attached hydrogen (secondary N) is 1. The van der Waals surface area contributed by atoms with E-state index >= 15 is 0 Å². The van der Waals surface area contributed by atoms with Crippen molar-refractivity contribution in [2.75, 3.05) is 37.7 Å². The quantitative estimate of drug-likeness (QED) is 0.808. The molecule has 1 aliphatic heterocycles. The maximum absolute atomic E-state index is 5.71. The summed E-state index contributed by atoms with van der Waals surface area (Å²) in [5.41, 5.74) is 8.00. The number of aromatic nitrogens is 1. The Morgan fingerprint density at radius 1 is 1.56 bits per heavy atom. The minimum atomic E-state index is 0.588. The number of hydrogen-bond acceptors (Lipinski definition) is 5. The van der Waals surface area contributed by atoms with Crippen molar-refractivity contribution in [1.29, 1.82) is 0 Å². The van der Waals surface area contributed by atoms with Gasteiger partial charge in [0.1, 0.15) is 5.52 Å². The van der Waals surface area contributed by atoms with Gasteiger partial charge in [-0.05, 0) is 44.1 Å². The normalized spacial score (nSPS) is 20.6. The molecule has 1 aliphatic rings. The van der Waals surface area contributed by atoms with Crippen molar-refractivity contribution >= 4 is 22.8 Å². The molecule has 96 valence electrons.